The fraction of sp³-hybridized carbons (Fsp3) is 0.160. The van der Waals surface area contributed by atoms with Crippen LogP contribution >= 0.6 is 0 Å². The first kappa shape index (κ1) is 20.5. The molecule has 6 heteroatoms. The van der Waals surface area contributed by atoms with E-state index in [1.165, 1.54) is 11.6 Å². The summed E-state index contributed by atoms with van der Waals surface area (Å²) in [6, 6.07) is 22.3. The number of hydroxylamine groups is 1. The molecule has 2 aromatic carbocycles. The molecule has 6 nitrogen and oxygen atoms in total. The summed E-state index contributed by atoms with van der Waals surface area (Å²) in [5.41, 5.74) is 6.72. The van der Waals surface area contributed by atoms with Crippen molar-refractivity contribution in [3.8, 4) is 0 Å². The summed E-state index contributed by atoms with van der Waals surface area (Å²) in [4.78, 5) is 20.6. The van der Waals surface area contributed by atoms with Crippen LogP contribution in [0.15, 0.2) is 79.0 Å². The highest BCUT2D eigenvalue weighted by molar-refractivity contribution is 5.91. The zero-order chi connectivity index (χ0) is 21.5. The number of fused-ring (bicyclic) bond motifs is 1. The SMILES string of the molecule is O=C(C=Cc1ccc2c(c1)nc(CCc1ccccc1)n2CCc1ccccn1)NO. The van der Waals surface area contributed by atoms with E-state index in [-0.39, 0.29) is 0 Å². The van der Waals surface area contributed by atoms with Crippen molar-refractivity contribution in [2.75, 3.05) is 0 Å². The van der Waals surface area contributed by atoms with Crippen LogP contribution in [-0.2, 0) is 30.6 Å². The van der Waals surface area contributed by atoms with Gasteiger partial charge in [0.15, 0.2) is 0 Å². The van der Waals surface area contributed by atoms with Crippen molar-refractivity contribution in [2.45, 2.75) is 25.8 Å². The van der Waals surface area contributed by atoms with E-state index in [0.29, 0.717) is 0 Å². The van der Waals surface area contributed by atoms with Gasteiger partial charge in [0.05, 0.1) is 11.0 Å². The molecule has 31 heavy (non-hydrogen) atoms. The molecule has 0 saturated carbocycles. The first-order valence-electron chi connectivity index (χ1n) is 10.3. The van der Waals surface area contributed by atoms with Crippen LogP contribution in [0.3, 0.4) is 0 Å². The van der Waals surface area contributed by atoms with Crippen LogP contribution in [0.4, 0.5) is 0 Å². The average Bonchev–Trinajstić information content (AvgIpc) is 3.17. The number of rotatable bonds is 8. The smallest absolute Gasteiger partial charge is 0.267 e. The van der Waals surface area contributed by atoms with Gasteiger partial charge in [-0.1, -0.05) is 42.5 Å². The molecule has 0 bridgehead atoms. The fourth-order valence-electron chi connectivity index (χ4n) is 3.62. The Morgan fingerprint density at radius 2 is 1.84 bits per heavy atom. The molecule has 0 spiro atoms. The number of hydrogen-bond acceptors (Lipinski definition) is 4. The number of imidazole rings is 1. The highest BCUT2D eigenvalue weighted by Gasteiger charge is 2.12. The Balaban J connectivity index is 1.63. The minimum atomic E-state index is -0.565. The standard InChI is InChI=1S/C25H24N4O2/c30-25(28-31)14-11-20-9-12-23-22(18-20)27-24(13-10-19-6-2-1-3-7-19)29(23)17-15-21-8-4-5-16-26-21/h1-9,11-12,14,16,18,31H,10,13,15,17H2,(H,28,30). The number of benzene rings is 2. The maximum Gasteiger partial charge on any atom is 0.267 e. The number of carbonyl (C=O) groups is 1. The van der Waals surface area contributed by atoms with E-state index in [0.717, 1.165) is 53.9 Å². The molecule has 0 radical (unpaired) electrons. The van der Waals surface area contributed by atoms with Crippen LogP contribution in [-0.4, -0.2) is 25.6 Å². The van der Waals surface area contributed by atoms with Crippen molar-refractivity contribution in [2.24, 2.45) is 0 Å². The second-order valence-corrected chi connectivity index (χ2v) is 7.29. The number of aromatic nitrogens is 3. The molecule has 0 unspecified atom stereocenters. The normalized spacial score (nSPS) is 11.3. The lowest BCUT2D eigenvalue weighted by molar-refractivity contribution is -0.124. The lowest BCUT2D eigenvalue weighted by atomic mass is 10.1. The van der Waals surface area contributed by atoms with Crippen LogP contribution in [0.2, 0.25) is 0 Å². The van der Waals surface area contributed by atoms with Gasteiger partial charge in [0, 0.05) is 37.4 Å². The molecule has 2 aromatic heterocycles. The Hall–Kier alpha value is -3.77. The van der Waals surface area contributed by atoms with Crippen LogP contribution in [0, 0.1) is 0 Å². The summed E-state index contributed by atoms with van der Waals surface area (Å²) in [6.07, 6.45) is 7.33. The van der Waals surface area contributed by atoms with Gasteiger partial charge < -0.3 is 4.57 Å². The predicted molar refractivity (Wildman–Crippen MR) is 120 cm³/mol. The zero-order valence-corrected chi connectivity index (χ0v) is 17.1. The molecule has 0 fully saturated rings. The van der Waals surface area contributed by atoms with Crippen LogP contribution in [0.5, 0.6) is 0 Å². The molecule has 0 atom stereocenters. The molecule has 1 amide bonds. The zero-order valence-electron chi connectivity index (χ0n) is 17.1. The summed E-state index contributed by atoms with van der Waals surface area (Å²) < 4.78 is 2.26. The van der Waals surface area contributed by atoms with Crippen LogP contribution in [0.25, 0.3) is 17.1 Å². The number of carbonyl (C=O) groups excluding carboxylic acids is 1. The van der Waals surface area contributed by atoms with Gasteiger partial charge >= 0.3 is 0 Å². The summed E-state index contributed by atoms with van der Waals surface area (Å²) in [6.45, 7) is 0.791. The maximum atomic E-state index is 11.3. The number of nitrogens with one attached hydrogen (secondary N) is 1. The summed E-state index contributed by atoms with van der Waals surface area (Å²) >= 11 is 0. The van der Waals surface area contributed by atoms with Crippen molar-refractivity contribution in [1.82, 2.24) is 20.0 Å². The van der Waals surface area contributed by atoms with E-state index in [2.05, 4.69) is 33.8 Å². The van der Waals surface area contributed by atoms with Gasteiger partial charge in [-0.2, -0.15) is 0 Å². The van der Waals surface area contributed by atoms with E-state index in [9.17, 15) is 4.79 Å². The second kappa shape index (κ2) is 9.82. The molecule has 4 rings (SSSR count). The quantitative estimate of drug-likeness (QED) is 0.261. The molecule has 156 valence electrons. The van der Waals surface area contributed by atoms with Gasteiger partial charge in [-0.05, 0) is 47.9 Å². The van der Waals surface area contributed by atoms with Crippen molar-refractivity contribution >= 4 is 23.0 Å². The lowest BCUT2D eigenvalue weighted by Crippen LogP contribution is -2.14. The minimum Gasteiger partial charge on any atom is -0.328 e. The predicted octanol–water partition coefficient (Wildman–Crippen LogP) is 3.98. The molecular weight excluding hydrogens is 388 g/mol. The van der Waals surface area contributed by atoms with Crippen molar-refractivity contribution in [3.05, 3.63) is 102 Å². The minimum absolute atomic E-state index is 0.565. The number of nitrogens with zero attached hydrogens (tertiary/aromatic N) is 3. The summed E-state index contributed by atoms with van der Waals surface area (Å²) in [7, 11) is 0. The van der Waals surface area contributed by atoms with Gasteiger partial charge in [-0.25, -0.2) is 10.5 Å². The lowest BCUT2D eigenvalue weighted by Gasteiger charge is -2.09. The Labute approximate surface area is 180 Å². The van der Waals surface area contributed by atoms with Gasteiger partial charge in [-0.15, -0.1) is 0 Å². The molecule has 4 aromatic rings. The highest BCUT2D eigenvalue weighted by Crippen LogP contribution is 2.21. The van der Waals surface area contributed by atoms with Crippen LogP contribution < -0.4 is 5.48 Å². The maximum absolute atomic E-state index is 11.3. The van der Waals surface area contributed by atoms with Gasteiger partial charge in [0.1, 0.15) is 5.82 Å². The number of amides is 1. The molecule has 0 aliphatic carbocycles. The largest absolute Gasteiger partial charge is 0.328 e. The van der Waals surface area contributed by atoms with Crippen molar-refractivity contribution in [3.63, 3.8) is 0 Å². The number of pyridine rings is 1. The van der Waals surface area contributed by atoms with Gasteiger partial charge in [0.25, 0.3) is 5.91 Å². The first-order valence-corrected chi connectivity index (χ1v) is 10.3. The molecular formula is C25H24N4O2. The topological polar surface area (TPSA) is 80.0 Å². The van der Waals surface area contributed by atoms with Crippen molar-refractivity contribution < 1.29 is 10.0 Å². The third kappa shape index (κ3) is 5.24. The van der Waals surface area contributed by atoms with E-state index in [4.69, 9.17) is 10.2 Å². The molecule has 2 heterocycles. The number of hydrogen-bond donors (Lipinski definition) is 2. The first-order chi connectivity index (χ1) is 15.2. The molecule has 0 aliphatic rings. The van der Waals surface area contributed by atoms with Crippen LogP contribution in [0.1, 0.15) is 22.6 Å². The Kier molecular flexibility index (Phi) is 6.50. The van der Waals surface area contributed by atoms with Crippen molar-refractivity contribution in [1.29, 1.82) is 0 Å². The second-order valence-electron chi connectivity index (χ2n) is 7.29. The van der Waals surface area contributed by atoms with E-state index in [1.807, 2.05) is 48.7 Å². The Morgan fingerprint density at radius 1 is 1.00 bits per heavy atom. The monoisotopic (exact) mass is 412 g/mol. The fourth-order valence-corrected chi connectivity index (χ4v) is 3.62. The molecule has 2 N–H and O–H groups in total. The molecule has 0 aliphatic heterocycles. The Morgan fingerprint density at radius 3 is 2.61 bits per heavy atom. The molecule has 0 saturated heterocycles. The summed E-state index contributed by atoms with van der Waals surface area (Å²) in [5, 5.41) is 8.66. The van der Waals surface area contributed by atoms with Gasteiger partial charge in [-0.3, -0.25) is 15.0 Å². The average molecular weight is 412 g/mol. The number of aryl methyl sites for hydroxylation is 4. The third-order valence-electron chi connectivity index (χ3n) is 5.19. The third-order valence-corrected chi connectivity index (χ3v) is 5.19. The van der Waals surface area contributed by atoms with E-state index in [1.54, 1.807) is 11.6 Å². The highest BCUT2D eigenvalue weighted by atomic mass is 16.5. The Bertz CT molecular complexity index is 1180. The van der Waals surface area contributed by atoms with Gasteiger partial charge in [0.2, 0.25) is 0 Å². The summed E-state index contributed by atoms with van der Waals surface area (Å²) in [5.74, 6) is 0.466. The van der Waals surface area contributed by atoms with E-state index < -0.39 is 5.91 Å². The van der Waals surface area contributed by atoms with E-state index >= 15 is 0 Å².